The van der Waals surface area contributed by atoms with Crippen LogP contribution in [0.15, 0.2) is 42.6 Å². The maximum Gasteiger partial charge on any atom is 0.335 e. The van der Waals surface area contributed by atoms with Crippen LogP contribution in [0.25, 0.3) is 0 Å². The Morgan fingerprint density at radius 3 is 2.53 bits per heavy atom. The Labute approximate surface area is 110 Å². The van der Waals surface area contributed by atoms with E-state index < -0.39 is 5.97 Å². The zero-order valence-electron chi connectivity index (χ0n) is 10.00. The van der Waals surface area contributed by atoms with Crippen molar-refractivity contribution < 1.29 is 9.90 Å². The van der Waals surface area contributed by atoms with E-state index in [1.54, 1.807) is 36.4 Å². The molecule has 0 bridgehead atoms. The Hall–Kier alpha value is -2.87. The molecule has 1 aromatic carbocycles. The third kappa shape index (κ3) is 3.30. The lowest BCUT2D eigenvalue weighted by Gasteiger charge is -2.05. The number of hydrogen-bond donors (Lipinski definition) is 2. The molecule has 0 unspecified atom stereocenters. The fourth-order valence-electron chi connectivity index (χ4n) is 1.52. The minimum atomic E-state index is -0.937. The topological polar surface area (TPSA) is 86.0 Å². The van der Waals surface area contributed by atoms with Gasteiger partial charge in [0.1, 0.15) is 11.9 Å². The van der Waals surface area contributed by atoms with E-state index in [0.29, 0.717) is 17.9 Å². The number of rotatable bonds is 4. The molecule has 1 heterocycles. The number of aromatic carboxylic acids is 1. The van der Waals surface area contributed by atoms with Crippen molar-refractivity contribution in [2.24, 2.45) is 0 Å². The summed E-state index contributed by atoms with van der Waals surface area (Å²) < 4.78 is 0. The van der Waals surface area contributed by atoms with Crippen molar-refractivity contribution in [3.8, 4) is 6.07 Å². The second-order valence-corrected chi connectivity index (χ2v) is 3.90. The van der Waals surface area contributed by atoms with Crippen LogP contribution in [0, 0.1) is 11.3 Å². The minimum Gasteiger partial charge on any atom is -0.478 e. The van der Waals surface area contributed by atoms with E-state index >= 15 is 0 Å². The van der Waals surface area contributed by atoms with E-state index in [-0.39, 0.29) is 5.56 Å². The number of hydrogen-bond acceptors (Lipinski definition) is 4. The molecule has 0 spiro atoms. The van der Waals surface area contributed by atoms with Gasteiger partial charge < -0.3 is 10.4 Å². The first-order valence-corrected chi connectivity index (χ1v) is 5.61. The van der Waals surface area contributed by atoms with E-state index in [2.05, 4.69) is 10.3 Å². The van der Waals surface area contributed by atoms with Crippen molar-refractivity contribution in [3.05, 3.63) is 59.3 Å². The summed E-state index contributed by atoms with van der Waals surface area (Å²) in [6, 6.07) is 12.0. The summed E-state index contributed by atoms with van der Waals surface area (Å²) in [4.78, 5) is 14.8. The van der Waals surface area contributed by atoms with Gasteiger partial charge in [-0.3, -0.25) is 0 Å². The van der Waals surface area contributed by atoms with Crippen LogP contribution in [0.1, 0.15) is 21.5 Å². The Morgan fingerprint density at radius 2 is 2.00 bits per heavy atom. The number of benzene rings is 1. The molecule has 0 aliphatic rings. The normalized spacial score (nSPS) is 9.63. The van der Waals surface area contributed by atoms with Crippen LogP contribution in [-0.2, 0) is 6.54 Å². The van der Waals surface area contributed by atoms with Gasteiger partial charge in [-0.15, -0.1) is 0 Å². The first-order valence-electron chi connectivity index (χ1n) is 5.61. The van der Waals surface area contributed by atoms with Crippen LogP contribution >= 0.6 is 0 Å². The highest BCUT2D eigenvalue weighted by atomic mass is 16.4. The average molecular weight is 253 g/mol. The number of carbonyl (C=O) groups is 1. The fraction of sp³-hybridized carbons (Fsp3) is 0.0714. The van der Waals surface area contributed by atoms with E-state index in [1.165, 1.54) is 6.20 Å². The number of nitrogens with zero attached hydrogens (tertiary/aromatic N) is 2. The Balaban J connectivity index is 1.98. The molecular formula is C14H11N3O2. The first kappa shape index (κ1) is 12.6. The maximum atomic E-state index is 10.7. The van der Waals surface area contributed by atoms with Crippen molar-refractivity contribution in [2.45, 2.75) is 6.54 Å². The van der Waals surface area contributed by atoms with Crippen molar-refractivity contribution in [3.63, 3.8) is 0 Å². The molecule has 0 aliphatic heterocycles. The minimum absolute atomic E-state index is 0.264. The van der Waals surface area contributed by atoms with Gasteiger partial charge in [-0.2, -0.15) is 5.26 Å². The molecule has 2 rings (SSSR count). The molecule has 5 heteroatoms. The molecule has 0 fully saturated rings. The van der Waals surface area contributed by atoms with Crippen LogP contribution in [0.2, 0.25) is 0 Å². The predicted molar refractivity (Wildman–Crippen MR) is 69.7 cm³/mol. The molecule has 2 aromatic rings. The summed E-state index contributed by atoms with van der Waals surface area (Å²) in [7, 11) is 0. The van der Waals surface area contributed by atoms with E-state index in [1.807, 2.05) is 6.07 Å². The summed E-state index contributed by atoms with van der Waals surface area (Å²) in [5.41, 5.74) is 1.73. The third-order valence-electron chi connectivity index (χ3n) is 2.57. The third-order valence-corrected chi connectivity index (χ3v) is 2.57. The van der Waals surface area contributed by atoms with Gasteiger partial charge in [-0.1, -0.05) is 12.1 Å². The molecule has 0 amide bonds. The highest BCUT2D eigenvalue weighted by molar-refractivity contribution is 5.87. The lowest BCUT2D eigenvalue weighted by molar-refractivity contribution is 0.0697. The van der Waals surface area contributed by atoms with Gasteiger partial charge >= 0.3 is 5.97 Å². The molecule has 94 valence electrons. The molecule has 5 nitrogen and oxygen atoms in total. The second kappa shape index (κ2) is 5.65. The molecule has 0 atom stereocenters. The lowest BCUT2D eigenvalue weighted by atomic mass is 10.1. The van der Waals surface area contributed by atoms with E-state index in [4.69, 9.17) is 10.4 Å². The van der Waals surface area contributed by atoms with Crippen LogP contribution < -0.4 is 5.32 Å². The largest absolute Gasteiger partial charge is 0.478 e. The SMILES string of the molecule is N#Cc1ccc(NCc2ccc(C(=O)O)cc2)nc1. The van der Waals surface area contributed by atoms with Gasteiger partial charge in [-0.25, -0.2) is 9.78 Å². The fourth-order valence-corrected chi connectivity index (χ4v) is 1.52. The quantitative estimate of drug-likeness (QED) is 0.872. The van der Waals surface area contributed by atoms with Crippen LogP contribution in [0.5, 0.6) is 0 Å². The highest BCUT2D eigenvalue weighted by Gasteiger charge is 2.01. The molecular weight excluding hydrogens is 242 g/mol. The highest BCUT2D eigenvalue weighted by Crippen LogP contribution is 2.08. The Kier molecular flexibility index (Phi) is 3.74. The van der Waals surface area contributed by atoms with Crippen LogP contribution in [0.4, 0.5) is 5.82 Å². The monoisotopic (exact) mass is 253 g/mol. The van der Waals surface area contributed by atoms with E-state index in [0.717, 1.165) is 5.56 Å². The summed E-state index contributed by atoms with van der Waals surface area (Å²) >= 11 is 0. The van der Waals surface area contributed by atoms with Crippen molar-refractivity contribution in [2.75, 3.05) is 5.32 Å². The standard InChI is InChI=1S/C14H11N3O2/c15-7-11-3-6-13(17-9-11)16-8-10-1-4-12(5-2-10)14(18)19/h1-6,9H,8H2,(H,16,17)(H,18,19). The van der Waals surface area contributed by atoms with Gasteiger partial charge in [0.05, 0.1) is 11.1 Å². The molecule has 1 aromatic heterocycles. The summed E-state index contributed by atoms with van der Waals surface area (Å²) in [6.07, 6.45) is 1.50. The first-order chi connectivity index (χ1) is 9.19. The van der Waals surface area contributed by atoms with Crippen LogP contribution in [-0.4, -0.2) is 16.1 Å². The zero-order valence-corrected chi connectivity index (χ0v) is 10.00. The summed E-state index contributed by atoms with van der Waals surface area (Å²) in [5.74, 6) is -0.269. The molecule has 2 N–H and O–H groups in total. The van der Waals surface area contributed by atoms with Crippen molar-refractivity contribution >= 4 is 11.8 Å². The number of aromatic nitrogens is 1. The van der Waals surface area contributed by atoms with Crippen molar-refractivity contribution in [1.82, 2.24) is 4.98 Å². The lowest BCUT2D eigenvalue weighted by Crippen LogP contribution is -2.02. The Morgan fingerprint density at radius 1 is 1.26 bits per heavy atom. The van der Waals surface area contributed by atoms with Gasteiger partial charge in [0.2, 0.25) is 0 Å². The summed E-state index contributed by atoms with van der Waals surface area (Å²) in [5, 5.41) is 20.5. The molecule has 0 radical (unpaired) electrons. The second-order valence-electron chi connectivity index (χ2n) is 3.90. The number of nitrogens with one attached hydrogen (secondary N) is 1. The Bertz CT molecular complexity index is 613. The number of anilines is 1. The molecule has 19 heavy (non-hydrogen) atoms. The van der Waals surface area contributed by atoms with Gasteiger partial charge in [0.15, 0.2) is 0 Å². The van der Waals surface area contributed by atoms with Crippen LogP contribution in [0.3, 0.4) is 0 Å². The number of pyridine rings is 1. The predicted octanol–water partition coefficient (Wildman–Crippen LogP) is 2.26. The zero-order chi connectivity index (χ0) is 13.7. The molecule has 0 saturated heterocycles. The average Bonchev–Trinajstić information content (AvgIpc) is 2.46. The molecule has 0 aliphatic carbocycles. The van der Waals surface area contributed by atoms with E-state index in [9.17, 15) is 4.79 Å². The number of carboxylic acids is 1. The maximum absolute atomic E-state index is 10.7. The van der Waals surface area contributed by atoms with Gasteiger partial charge in [0, 0.05) is 12.7 Å². The number of carboxylic acid groups (broad SMARTS) is 1. The number of nitriles is 1. The van der Waals surface area contributed by atoms with Crippen molar-refractivity contribution in [1.29, 1.82) is 5.26 Å². The molecule has 0 saturated carbocycles. The smallest absolute Gasteiger partial charge is 0.335 e. The van der Waals surface area contributed by atoms with Gasteiger partial charge in [0.25, 0.3) is 0 Å². The summed E-state index contributed by atoms with van der Waals surface area (Å²) in [6.45, 7) is 0.540. The van der Waals surface area contributed by atoms with Gasteiger partial charge in [-0.05, 0) is 29.8 Å².